The van der Waals surface area contributed by atoms with Crippen molar-refractivity contribution < 1.29 is 5.11 Å². The third kappa shape index (κ3) is 1.07. The molecule has 58 valence electrons. The highest BCUT2D eigenvalue weighted by Crippen LogP contribution is 2.25. The van der Waals surface area contributed by atoms with Gasteiger partial charge in [-0.25, -0.2) is 0 Å². The van der Waals surface area contributed by atoms with Crippen LogP contribution in [0.5, 0.6) is 5.75 Å². The number of phenolic OH excluding ortho intramolecular Hbond substituents is 1. The average molecular weight is 157 g/mol. The summed E-state index contributed by atoms with van der Waals surface area (Å²) in [5.74, 6) is 4.67. The van der Waals surface area contributed by atoms with E-state index in [-0.39, 0.29) is 11.4 Å². The van der Waals surface area contributed by atoms with Gasteiger partial charge in [-0.1, -0.05) is 11.8 Å². The van der Waals surface area contributed by atoms with Crippen molar-refractivity contribution in [2.75, 3.05) is 5.73 Å². The summed E-state index contributed by atoms with van der Waals surface area (Å²) >= 11 is 0. The maximum absolute atomic E-state index is 9.16. The van der Waals surface area contributed by atoms with Gasteiger partial charge in [-0.2, -0.15) is 0 Å². The normalized spacial score (nSPS) is 8.50. The smallest absolute Gasteiger partial charge is 0.139 e. The molecule has 1 aromatic carbocycles. The summed E-state index contributed by atoms with van der Waals surface area (Å²) < 4.78 is 0. The second-order valence-corrected chi connectivity index (χ2v) is 2.21. The fourth-order valence-corrected chi connectivity index (χ4v) is 0.884. The van der Waals surface area contributed by atoms with E-state index in [2.05, 4.69) is 11.8 Å². The molecule has 1 aromatic rings. The van der Waals surface area contributed by atoms with Crippen molar-refractivity contribution >= 4 is 5.69 Å². The molecule has 0 aliphatic rings. The molecule has 3 N–H and O–H groups in total. The lowest BCUT2D eigenvalue weighted by Gasteiger charge is -2.03. The summed E-state index contributed by atoms with van der Waals surface area (Å²) in [7, 11) is 0. The topological polar surface area (TPSA) is 46.2 Å². The zero-order valence-corrected chi connectivity index (χ0v) is 6.33. The van der Waals surface area contributed by atoms with E-state index < -0.39 is 0 Å². The van der Waals surface area contributed by atoms with Crippen molar-refractivity contribution in [1.29, 1.82) is 0 Å². The molecular weight excluding hydrogens is 150 g/mol. The Morgan fingerprint density at radius 2 is 1.92 bits per heavy atom. The maximum Gasteiger partial charge on any atom is 0.139 e. The molecule has 0 atom stereocenters. The SMILES string of the molecule is C#Cc1ccc(O)c(N)c1C#C. The fourth-order valence-electron chi connectivity index (χ4n) is 0.884. The van der Waals surface area contributed by atoms with Crippen LogP contribution >= 0.6 is 0 Å². The van der Waals surface area contributed by atoms with Crippen LogP contribution in [0, 0.1) is 24.7 Å². The molecule has 0 fully saturated rings. The van der Waals surface area contributed by atoms with Crippen LogP contribution in [0.25, 0.3) is 0 Å². The highest BCUT2D eigenvalue weighted by atomic mass is 16.3. The Bertz CT molecular complexity index is 394. The van der Waals surface area contributed by atoms with Crippen molar-refractivity contribution in [3.63, 3.8) is 0 Å². The molecule has 0 heterocycles. The fraction of sp³-hybridized carbons (Fsp3) is 0. The first-order valence-corrected chi connectivity index (χ1v) is 3.25. The lowest BCUT2D eigenvalue weighted by atomic mass is 10.1. The van der Waals surface area contributed by atoms with Crippen molar-refractivity contribution in [2.45, 2.75) is 0 Å². The Morgan fingerprint density at radius 1 is 1.25 bits per heavy atom. The van der Waals surface area contributed by atoms with Gasteiger partial charge in [0.05, 0.1) is 11.3 Å². The monoisotopic (exact) mass is 157 g/mol. The van der Waals surface area contributed by atoms with Crippen LogP contribution < -0.4 is 5.73 Å². The quantitative estimate of drug-likeness (QED) is 0.334. The number of terminal acetylenes is 2. The molecule has 0 aliphatic carbocycles. The van der Waals surface area contributed by atoms with Crippen molar-refractivity contribution in [3.05, 3.63) is 23.3 Å². The first-order chi connectivity index (χ1) is 5.70. The number of nitrogen functional groups attached to an aromatic ring is 1. The molecule has 0 saturated heterocycles. The van der Waals surface area contributed by atoms with Gasteiger partial charge in [0, 0.05) is 5.56 Å². The number of rotatable bonds is 0. The molecule has 0 aliphatic heterocycles. The van der Waals surface area contributed by atoms with Gasteiger partial charge in [0.2, 0.25) is 0 Å². The summed E-state index contributed by atoms with van der Waals surface area (Å²) in [6, 6.07) is 2.98. The standard InChI is InChI=1S/C10H7NO/c1-3-7-5-6-9(12)10(11)8(7)4-2/h1-2,5-6,12H,11H2. The van der Waals surface area contributed by atoms with Gasteiger partial charge >= 0.3 is 0 Å². The highest BCUT2D eigenvalue weighted by molar-refractivity contribution is 5.69. The molecular formula is C10H7NO. The molecule has 0 unspecified atom stereocenters. The van der Waals surface area contributed by atoms with E-state index in [4.69, 9.17) is 23.7 Å². The van der Waals surface area contributed by atoms with Gasteiger partial charge in [-0.3, -0.25) is 0 Å². The molecule has 0 spiro atoms. The number of aromatic hydroxyl groups is 1. The Balaban J connectivity index is 3.52. The van der Waals surface area contributed by atoms with Gasteiger partial charge in [0.15, 0.2) is 0 Å². The first-order valence-electron chi connectivity index (χ1n) is 3.25. The molecule has 0 bridgehead atoms. The Hall–Kier alpha value is -2.06. The van der Waals surface area contributed by atoms with E-state index in [0.717, 1.165) is 0 Å². The van der Waals surface area contributed by atoms with Gasteiger partial charge in [0.1, 0.15) is 5.75 Å². The average Bonchev–Trinajstić information content (AvgIpc) is 2.09. The van der Waals surface area contributed by atoms with Crippen LogP contribution in [0.3, 0.4) is 0 Å². The number of nitrogens with two attached hydrogens (primary N) is 1. The van der Waals surface area contributed by atoms with E-state index in [1.807, 2.05) is 0 Å². The van der Waals surface area contributed by atoms with Crippen LogP contribution in [0.15, 0.2) is 12.1 Å². The van der Waals surface area contributed by atoms with E-state index in [1.165, 1.54) is 6.07 Å². The third-order valence-electron chi connectivity index (χ3n) is 1.52. The predicted octanol–water partition coefficient (Wildman–Crippen LogP) is 0.937. The van der Waals surface area contributed by atoms with E-state index in [0.29, 0.717) is 11.1 Å². The number of benzene rings is 1. The maximum atomic E-state index is 9.16. The number of phenols is 1. The van der Waals surface area contributed by atoms with Crippen LogP contribution in [0.4, 0.5) is 5.69 Å². The van der Waals surface area contributed by atoms with Gasteiger partial charge < -0.3 is 10.8 Å². The largest absolute Gasteiger partial charge is 0.506 e. The molecule has 0 amide bonds. The summed E-state index contributed by atoms with van der Waals surface area (Å²) in [5.41, 5.74) is 6.54. The van der Waals surface area contributed by atoms with Crippen LogP contribution in [0.1, 0.15) is 11.1 Å². The summed E-state index contributed by atoms with van der Waals surface area (Å²) in [6.07, 6.45) is 10.3. The summed E-state index contributed by atoms with van der Waals surface area (Å²) in [6.45, 7) is 0. The third-order valence-corrected chi connectivity index (χ3v) is 1.52. The number of anilines is 1. The second kappa shape index (κ2) is 2.90. The molecule has 1 rings (SSSR count). The van der Waals surface area contributed by atoms with Gasteiger partial charge in [-0.05, 0) is 12.1 Å². The van der Waals surface area contributed by atoms with E-state index in [9.17, 15) is 0 Å². The molecule has 0 saturated carbocycles. The van der Waals surface area contributed by atoms with Crippen LogP contribution in [-0.4, -0.2) is 5.11 Å². The Kier molecular flexibility index (Phi) is 1.94. The minimum Gasteiger partial charge on any atom is -0.506 e. The highest BCUT2D eigenvalue weighted by Gasteiger charge is 2.05. The zero-order valence-electron chi connectivity index (χ0n) is 6.33. The predicted molar refractivity (Wildman–Crippen MR) is 48.4 cm³/mol. The van der Waals surface area contributed by atoms with Crippen LogP contribution in [-0.2, 0) is 0 Å². The summed E-state index contributed by atoms with van der Waals surface area (Å²) in [5, 5.41) is 9.16. The number of hydrogen-bond acceptors (Lipinski definition) is 2. The summed E-state index contributed by atoms with van der Waals surface area (Å²) in [4.78, 5) is 0. The van der Waals surface area contributed by atoms with E-state index in [1.54, 1.807) is 6.07 Å². The lowest BCUT2D eigenvalue weighted by Crippen LogP contribution is -1.93. The van der Waals surface area contributed by atoms with E-state index >= 15 is 0 Å². The Morgan fingerprint density at radius 3 is 2.42 bits per heavy atom. The van der Waals surface area contributed by atoms with Crippen molar-refractivity contribution in [3.8, 4) is 30.4 Å². The number of hydrogen-bond donors (Lipinski definition) is 2. The first kappa shape index (κ1) is 8.04. The molecule has 0 radical (unpaired) electrons. The minimum absolute atomic E-state index is 0.0399. The molecule has 12 heavy (non-hydrogen) atoms. The lowest BCUT2D eigenvalue weighted by molar-refractivity contribution is 0.478. The molecule has 2 nitrogen and oxygen atoms in total. The molecule has 2 heteroatoms. The van der Waals surface area contributed by atoms with Crippen LogP contribution in [0.2, 0.25) is 0 Å². The van der Waals surface area contributed by atoms with Crippen molar-refractivity contribution in [2.24, 2.45) is 0 Å². The molecule has 0 aromatic heterocycles. The van der Waals surface area contributed by atoms with Gasteiger partial charge in [-0.15, -0.1) is 12.8 Å². The minimum atomic E-state index is -0.0399. The zero-order chi connectivity index (χ0) is 9.14. The Labute approximate surface area is 71.0 Å². The second-order valence-electron chi connectivity index (χ2n) is 2.21. The van der Waals surface area contributed by atoms with Gasteiger partial charge in [0.25, 0.3) is 0 Å². The van der Waals surface area contributed by atoms with Crippen molar-refractivity contribution in [1.82, 2.24) is 0 Å².